The van der Waals surface area contributed by atoms with Crippen molar-refractivity contribution in [3.63, 3.8) is 0 Å². The Kier molecular flexibility index (Phi) is 5.60. The van der Waals surface area contributed by atoms with Gasteiger partial charge in [0.2, 0.25) is 0 Å². The summed E-state index contributed by atoms with van der Waals surface area (Å²) in [5, 5.41) is 7.29. The minimum atomic E-state index is 0.437. The van der Waals surface area contributed by atoms with Gasteiger partial charge in [0, 0.05) is 31.9 Å². The minimum absolute atomic E-state index is 0.437. The highest BCUT2D eigenvalue weighted by Crippen LogP contribution is 2.13. The standard InChI is InChI=1S/C17H22N4OS/c23-17(19-12-16-5-3-11-22-16)20-14-6-9-21(10-7-14)13-15-4-1-2-8-18-15/h1-5,8,11,14H,6-7,9-10,12-13H2,(H2,19,20,23). The highest BCUT2D eigenvalue weighted by atomic mass is 32.1. The molecule has 5 nitrogen and oxygen atoms in total. The van der Waals surface area contributed by atoms with Crippen molar-refractivity contribution in [2.24, 2.45) is 0 Å². The van der Waals surface area contributed by atoms with Gasteiger partial charge in [-0.15, -0.1) is 0 Å². The largest absolute Gasteiger partial charge is 0.467 e. The number of piperidine rings is 1. The first kappa shape index (κ1) is 16.0. The van der Waals surface area contributed by atoms with Gasteiger partial charge in [0.05, 0.1) is 18.5 Å². The van der Waals surface area contributed by atoms with E-state index in [9.17, 15) is 0 Å². The van der Waals surface area contributed by atoms with Crippen molar-refractivity contribution >= 4 is 17.3 Å². The number of nitrogens with one attached hydrogen (secondary N) is 2. The third kappa shape index (κ3) is 5.04. The van der Waals surface area contributed by atoms with Gasteiger partial charge in [0.15, 0.2) is 5.11 Å². The molecule has 0 unspecified atom stereocenters. The van der Waals surface area contributed by atoms with E-state index in [0.717, 1.165) is 43.9 Å². The summed E-state index contributed by atoms with van der Waals surface area (Å²) in [6.45, 7) is 3.68. The average molecular weight is 330 g/mol. The molecule has 0 aliphatic carbocycles. The fraction of sp³-hybridized carbons (Fsp3) is 0.412. The number of aromatic nitrogens is 1. The second-order valence-corrected chi connectivity index (χ2v) is 6.19. The van der Waals surface area contributed by atoms with Crippen molar-refractivity contribution in [1.29, 1.82) is 0 Å². The van der Waals surface area contributed by atoms with E-state index in [1.165, 1.54) is 0 Å². The Labute approximate surface area is 142 Å². The van der Waals surface area contributed by atoms with Crippen LogP contribution >= 0.6 is 12.2 Å². The number of thiocarbonyl (C=S) groups is 1. The van der Waals surface area contributed by atoms with Crippen LogP contribution in [0.2, 0.25) is 0 Å². The van der Waals surface area contributed by atoms with Gasteiger partial charge in [-0.2, -0.15) is 0 Å². The van der Waals surface area contributed by atoms with Gasteiger partial charge in [0.25, 0.3) is 0 Å². The molecule has 122 valence electrons. The number of nitrogens with zero attached hydrogens (tertiary/aromatic N) is 2. The molecule has 1 aliphatic rings. The number of hydrogen-bond donors (Lipinski definition) is 2. The lowest BCUT2D eigenvalue weighted by molar-refractivity contribution is 0.197. The van der Waals surface area contributed by atoms with Crippen LogP contribution in [0.15, 0.2) is 47.2 Å². The summed E-state index contributed by atoms with van der Waals surface area (Å²) in [6.07, 6.45) is 5.71. The molecule has 0 aromatic carbocycles. The molecule has 0 atom stereocenters. The van der Waals surface area contributed by atoms with Crippen LogP contribution in [0.1, 0.15) is 24.3 Å². The maximum atomic E-state index is 5.35. The van der Waals surface area contributed by atoms with Crippen molar-refractivity contribution in [3.8, 4) is 0 Å². The van der Waals surface area contributed by atoms with Gasteiger partial charge in [-0.25, -0.2) is 0 Å². The van der Waals surface area contributed by atoms with Crippen LogP contribution < -0.4 is 10.6 Å². The van der Waals surface area contributed by atoms with Crippen molar-refractivity contribution in [1.82, 2.24) is 20.5 Å². The second-order valence-electron chi connectivity index (χ2n) is 5.78. The van der Waals surface area contributed by atoms with Crippen LogP contribution in [0.3, 0.4) is 0 Å². The van der Waals surface area contributed by atoms with Crippen LogP contribution in [0, 0.1) is 0 Å². The van der Waals surface area contributed by atoms with Crippen molar-refractivity contribution in [2.75, 3.05) is 13.1 Å². The zero-order valence-electron chi connectivity index (χ0n) is 13.1. The molecule has 2 aromatic heterocycles. The second kappa shape index (κ2) is 8.08. The predicted molar refractivity (Wildman–Crippen MR) is 93.8 cm³/mol. The molecule has 0 saturated carbocycles. The molecule has 23 heavy (non-hydrogen) atoms. The Balaban J connectivity index is 1.36. The van der Waals surface area contributed by atoms with Crippen molar-refractivity contribution < 1.29 is 4.42 Å². The molecule has 0 radical (unpaired) electrons. The summed E-state index contributed by atoms with van der Waals surface area (Å²) in [6, 6.07) is 10.3. The van der Waals surface area contributed by atoms with Gasteiger partial charge in [-0.05, 0) is 49.3 Å². The SMILES string of the molecule is S=C(NCc1ccco1)NC1CCN(Cc2ccccn2)CC1. The summed E-state index contributed by atoms with van der Waals surface area (Å²) < 4.78 is 5.28. The quantitative estimate of drug-likeness (QED) is 0.821. The summed E-state index contributed by atoms with van der Waals surface area (Å²) in [5.74, 6) is 0.888. The molecular weight excluding hydrogens is 308 g/mol. The zero-order valence-corrected chi connectivity index (χ0v) is 13.9. The number of likely N-dealkylation sites (tertiary alicyclic amines) is 1. The van der Waals surface area contributed by atoms with Gasteiger partial charge in [-0.3, -0.25) is 9.88 Å². The molecule has 2 N–H and O–H groups in total. The Bertz CT molecular complexity index is 594. The van der Waals surface area contributed by atoms with E-state index in [4.69, 9.17) is 16.6 Å². The molecular formula is C17H22N4OS. The van der Waals surface area contributed by atoms with Gasteiger partial charge >= 0.3 is 0 Å². The monoisotopic (exact) mass is 330 g/mol. The fourth-order valence-electron chi connectivity index (χ4n) is 2.77. The van der Waals surface area contributed by atoms with E-state index < -0.39 is 0 Å². The van der Waals surface area contributed by atoms with E-state index in [2.05, 4.69) is 26.6 Å². The summed E-state index contributed by atoms with van der Waals surface area (Å²) in [5.41, 5.74) is 1.13. The van der Waals surface area contributed by atoms with Gasteiger partial charge < -0.3 is 15.1 Å². The number of rotatable bonds is 5. The number of pyridine rings is 1. The number of hydrogen-bond acceptors (Lipinski definition) is 4. The smallest absolute Gasteiger partial charge is 0.166 e. The Morgan fingerprint density at radius 3 is 2.83 bits per heavy atom. The summed E-state index contributed by atoms with van der Waals surface area (Å²) in [7, 11) is 0. The molecule has 0 amide bonds. The lowest BCUT2D eigenvalue weighted by Crippen LogP contribution is -2.47. The summed E-state index contributed by atoms with van der Waals surface area (Å²) in [4.78, 5) is 6.84. The minimum Gasteiger partial charge on any atom is -0.467 e. The molecule has 3 rings (SSSR count). The predicted octanol–water partition coefficient (Wildman–Crippen LogP) is 2.30. The molecule has 0 spiro atoms. The average Bonchev–Trinajstić information content (AvgIpc) is 3.09. The third-order valence-electron chi connectivity index (χ3n) is 4.04. The van der Waals surface area contributed by atoms with Gasteiger partial charge in [0.1, 0.15) is 5.76 Å². The zero-order chi connectivity index (χ0) is 15.9. The first-order valence-electron chi connectivity index (χ1n) is 7.98. The molecule has 1 aliphatic heterocycles. The van der Waals surface area contributed by atoms with Crippen molar-refractivity contribution in [3.05, 3.63) is 54.2 Å². The van der Waals surface area contributed by atoms with Crippen LogP contribution in [-0.2, 0) is 13.1 Å². The molecule has 6 heteroatoms. The maximum absolute atomic E-state index is 5.35. The van der Waals surface area contributed by atoms with Crippen LogP contribution in [0.25, 0.3) is 0 Å². The van der Waals surface area contributed by atoms with Gasteiger partial charge in [-0.1, -0.05) is 6.07 Å². The molecule has 0 bridgehead atoms. The summed E-state index contributed by atoms with van der Waals surface area (Å²) >= 11 is 5.35. The van der Waals surface area contributed by atoms with Crippen LogP contribution in [0.5, 0.6) is 0 Å². The fourth-order valence-corrected chi connectivity index (χ4v) is 3.01. The van der Waals surface area contributed by atoms with Crippen molar-refractivity contribution in [2.45, 2.75) is 32.0 Å². The van der Waals surface area contributed by atoms with E-state index in [-0.39, 0.29) is 0 Å². The molecule has 3 heterocycles. The third-order valence-corrected chi connectivity index (χ3v) is 4.30. The Morgan fingerprint density at radius 1 is 1.26 bits per heavy atom. The lowest BCUT2D eigenvalue weighted by atomic mass is 10.1. The van der Waals surface area contributed by atoms with E-state index in [1.54, 1.807) is 6.26 Å². The van der Waals surface area contributed by atoms with E-state index in [0.29, 0.717) is 17.7 Å². The van der Waals surface area contributed by atoms with E-state index >= 15 is 0 Å². The topological polar surface area (TPSA) is 53.3 Å². The number of furan rings is 1. The molecule has 1 saturated heterocycles. The molecule has 2 aromatic rings. The highest BCUT2D eigenvalue weighted by Gasteiger charge is 2.19. The lowest BCUT2D eigenvalue weighted by Gasteiger charge is -2.32. The maximum Gasteiger partial charge on any atom is 0.166 e. The normalized spacial score (nSPS) is 16.2. The first-order valence-corrected chi connectivity index (χ1v) is 8.39. The van der Waals surface area contributed by atoms with E-state index in [1.807, 2.05) is 30.5 Å². The highest BCUT2D eigenvalue weighted by molar-refractivity contribution is 7.80. The van der Waals surface area contributed by atoms with Crippen LogP contribution in [0.4, 0.5) is 0 Å². The first-order chi connectivity index (χ1) is 11.3. The Hall–Kier alpha value is -1.92. The molecule has 1 fully saturated rings. The van der Waals surface area contributed by atoms with Crippen LogP contribution in [-0.4, -0.2) is 34.1 Å². The Morgan fingerprint density at radius 2 is 2.13 bits per heavy atom.